The van der Waals surface area contributed by atoms with Gasteiger partial charge in [-0.3, -0.25) is 0 Å². The largest absolute Gasteiger partial charge is 0.549 e. The molecular formula is C20H42O2Si2. The van der Waals surface area contributed by atoms with E-state index in [0.717, 1.165) is 12.5 Å². The third-order valence-corrected chi connectivity index (χ3v) is 10.7. The number of rotatable bonds is 9. The Morgan fingerprint density at radius 2 is 1.58 bits per heavy atom. The summed E-state index contributed by atoms with van der Waals surface area (Å²) in [6.45, 7) is 26.5. The van der Waals surface area contributed by atoms with Gasteiger partial charge in [-0.15, -0.1) is 6.58 Å². The predicted molar refractivity (Wildman–Crippen MR) is 114 cm³/mol. The van der Waals surface area contributed by atoms with E-state index in [1.807, 2.05) is 12.3 Å². The molecule has 142 valence electrons. The van der Waals surface area contributed by atoms with E-state index in [9.17, 15) is 5.11 Å². The molecule has 2 nitrogen and oxygen atoms in total. The van der Waals surface area contributed by atoms with Crippen molar-refractivity contribution in [3.63, 3.8) is 0 Å². The van der Waals surface area contributed by atoms with Gasteiger partial charge in [-0.05, 0) is 48.0 Å². The number of hydrogen-bond acceptors (Lipinski definition) is 2. The highest BCUT2D eigenvalue weighted by atomic mass is 28.4. The van der Waals surface area contributed by atoms with Crippen LogP contribution < -0.4 is 0 Å². The van der Waals surface area contributed by atoms with Crippen LogP contribution in [0.2, 0.25) is 43.8 Å². The Hall–Kier alpha value is -0.326. The number of hydrogen-bond donors (Lipinski definition) is 1. The van der Waals surface area contributed by atoms with Crippen molar-refractivity contribution in [2.45, 2.75) is 97.4 Å². The molecule has 0 rings (SSSR count). The lowest BCUT2D eigenvalue weighted by molar-refractivity contribution is 0.130. The SMILES string of the molecule is C=CC(C)(C)CC(O)C/C(=C/O[Si](C)(C)C(C)(C)C)C[Si](C)(C)C. The maximum absolute atomic E-state index is 10.6. The lowest BCUT2D eigenvalue weighted by Crippen LogP contribution is -2.39. The first-order valence-corrected chi connectivity index (χ1v) is 15.8. The zero-order valence-corrected chi connectivity index (χ0v) is 19.9. The normalized spacial score (nSPS) is 16.0. The zero-order valence-electron chi connectivity index (χ0n) is 17.9. The summed E-state index contributed by atoms with van der Waals surface area (Å²) >= 11 is 0. The van der Waals surface area contributed by atoms with E-state index >= 15 is 0 Å². The van der Waals surface area contributed by atoms with Crippen molar-refractivity contribution in [1.82, 2.24) is 0 Å². The maximum Gasteiger partial charge on any atom is 0.249 e. The van der Waals surface area contributed by atoms with Crippen LogP contribution in [0.25, 0.3) is 0 Å². The Morgan fingerprint density at radius 3 is 1.96 bits per heavy atom. The molecule has 0 aliphatic rings. The number of allylic oxidation sites excluding steroid dienone is 1. The van der Waals surface area contributed by atoms with Crippen LogP contribution in [0.1, 0.15) is 47.5 Å². The highest BCUT2D eigenvalue weighted by Gasteiger charge is 2.38. The summed E-state index contributed by atoms with van der Waals surface area (Å²) in [5.41, 5.74) is 1.23. The van der Waals surface area contributed by atoms with E-state index in [1.54, 1.807) is 0 Å². The standard InChI is InChI=1S/C20H42O2Si2/c1-12-20(5,6)14-18(21)13-17(16-23(7,8)9)15-22-24(10,11)19(2,3)4/h12,15,18,21H,1,13-14,16H2,2-11H3/b17-15-. The van der Waals surface area contributed by atoms with Crippen molar-refractivity contribution in [2.75, 3.05) is 0 Å². The minimum atomic E-state index is -1.81. The smallest absolute Gasteiger partial charge is 0.249 e. The molecule has 0 bridgehead atoms. The van der Waals surface area contributed by atoms with E-state index in [-0.39, 0.29) is 16.6 Å². The topological polar surface area (TPSA) is 29.5 Å². The predicted octanol–water partition coefficient (Wildman–Crippen LogP) is 6.58. The van der Waals surface area contributed by atoms with Crippen LogP contribution in [0.3, 0.4) is 0 Å². The van der Waals surface area contributed by atoms with Gasteiger partial charge in [0.1, 0.15) is 0 Å². The Bertz CT molecular complexity index is 438. The number of aliphatic hydroxyl groups is 1. The van der Waals surface area contributed by atoms with Crippen LogP contribution in [0.5, 0.6) is 0 Å². The molecular weight excluding hydrogens is 328 g/mol. The zero-order chi connectivity index (χ0) is 19.4. The Labute approximate surface area is 153 Å². The Kier molecular flexibility index (Phi) is 8.26. The van der Waals surface area contributed by atoms with E-state index in [4.69, 9.17) is 4.43 Å². The van der Waals surface area contributed by atoms with Crippen LogP contribution in [0.4, 0.5) is 0 Å². The van der Waals surface area contributed by atoms with E-state index < -0.39 is 16.4 Å². The molecule has 24 heavy (non-hydrogen) atoms. The quantitative estimate of drug-likeness (QED) is 0.282. The average molecular weight is 371 g/mol. The fourth-order valence-corrected chi connectivity index (χ4v) is 4.72. The van der Waals surface area contributed by atoms with E-state index in [0.29, 0.717) is 6.42 Å². The van der Waals surface area contributed by atoms with E-state index in [2.05, 4.69) is 73.9 Å². The molecule has 0 saturated heterocycles. The Balaban J connectivity index is 5.19. The highest BCUT2D eigenvalue weighted by Crippen LogP contribution is 2.37. The van der Waals surface area contributed by atoms with Gasteiger partial charge in [0.2, 0.25) is 8.32 Å². The van der Waals surface area contributed by atoms with Gasteiger partial charge < -0.3 is 9.53 Å². The minimum absolute atomic E-state index is 0.0377. The lowest BCUT2D eigenvalue weighted by atomic mass is 9.85. The van der Waals surface area contributed by atoms with Gasteiger partial charge in [-0.25, -0.2) is 0 Å². The van der Waals surface area contributed by atoms with Crippen LogP contribution >= 0.6 is 0 Å². The van der Waals surface area contributed by atoms with Crippen LogP contribution in [-0.4, -0.2) is 27.6 Å². The molecule has 0 fully saturated rings. The summed E-state index contributed by atoms with van der Waals surface area (Å²) < 4.78 is 6.33. The van der Waals surface area contributed by atoms with Gasteiger partial charge in [0.05, 0.1) is 12.4 Å². The minimum Gasteiger partial charge on any atom is -0.549 e. The molecule has 0 saturated carbocycles. The molecule has 4 heteroatoms. The molecule has 0 aromatic rings. The molecule has 0 heterocycles. The van der Waals surface area contributed by atoms with Crippen molar-refractivity contribution in [2.24, 2.45) is 5.41 Å². The van der Waals surface area contributed by atoms with Gasteiger partial charge in [-0.1, -0.05) is 60.3 Å². The lowest BCUT2D eigenvalue weighted by Gasteiger charge is -2.35. The molecule has 0 spiro atoms. The van der Waals surface area contributed by atoms with Crippen LogP contribution in [0.15, 0.2) is 24.5 Å². The third kappa shape index (κ3) is 9.23. The molecule has 1 atom stereocenters. The molecule has 0 amide bonds. The second-order valence-electron chi connectivity index (χ2n) is 10.6. The van der Waals surface area contributed by atoms with Crippen molar-refractivity contribution in [1.29, 1.82) is 0 Å². The summed E-state index contributed by atoms with van der Waals surface area (Å²) in [6.07, 6.45) is 5.03. The molecule has 0 aromatic heterocycles. The van der Waals surface area contributed by atoms with Gasteiger partial charge >= 0.3 is 0 Å². The number of aliphatic hydroxyl groups excluding tert-OH is 1. The average Bonchev–Trinajstić information content (AvgIpc) is 2.32. The summed E-state index contributed by atoms with van der Waals surface area (Å²) in [4.78, 5) is 0. The molecule has 0 radical (unpaired) electrons. The first-order chi connectivity index (χ1) is 10.5. The summed E-state index contributed by atoms with van der Waals surface area (Å²) in [5.74, 6) is 0. The molecule has 1 unspecified atom stereocenters. The van der Waals surface area contributed by atoms with Crippen LogP contribution in [-0.2, 0) is 4.43 Å². The molecule has 1 N–H and O–H groups in total. The first-order valence-electron chi connectivity index (χ1n) is 9.16. The fraction of sp³-hybridized carbons (Fsp3) is 0.800. The first kappa shape index (κ1) is 23.7. The maximum atomic E-state index is 10.6. The van der Waals surface area contributed by atoms with Gasteiger partial charge in [-0.2, -0.15) is 0 Å². The van der Waals surface area contributed by atoms with Crippen LogP contribution in [0, 0.1) is 5.41 Å². The van der Waals surface area contributed by atoms with Gasteiger partial charge in [0.15, 0.2) is 0 Å². The van der Waals surface area contributed by atoms with E-state index in [1.165, 1.54) is 5.57 Å². The molecule has 0 aliphatic carbocycles. The van der Waals surface area contributed by atoms with Crippen molar-refractivity contribution in [3.8, 4) is 0 Å². The second-order valence-corrected chi connectivity index (χ2v) is 20.9. The second kappa shape index (κ2) is 8.37. The van der Waals surface area contributed by atoms with Crippen molar-refractivity contribution < 1.29 is 9.53 Å². The summed E-state index contributed by atoms with van der Waals surface area (Å²) in [5, 5.41) is 10.7. The summed E-state index contributed by atoms with van der Waals surface area (Å²) in [7, 11) is -3.07. The molecule has 0 aromatic carbocycles. The van der Waals surface area contributed by atoms with Gasteiger partial charge in [0, 0.05) is 8.07 Å². The Morgan fingerprint density at radius 1 is 1.08 bits per heavy atom. The van der Waals surface area contributed by atoms with Crippen molar-refractivity contribution >= 4 is 16.4 Å². The highest BCUT2D eigenvalue weighted by molar-refractivity contribution is 6.76. The fourth-order valence-electron chi connectivity index (χ4n) is 2.32. The van der Waals surface area contributed by atoms with Gasteiger partial charge in [0.25, 0.3) is 0 Å². The monoisotopic (exact) mass is 370 g/mol. The molecule has 0 aliphatic heterocycles. The third-order valence-electron chi connectivity index (χ3n) is 4.90. The van der Waals surface area contributed by atoms with Crippen molar-refractivity contribution in [3.05, 3.63) is 24.5 Å². The summed E-state index contributed by atoms with van der Waals surface area (Å²) in [6, 6.07) is 1.08.